The smallest absolute Gasteiger partial charge is 0.258 e. The Labute approximate surface area is 121 Å². The molecule has 2 heterocycles. The predicted octanol–water partition coefficient (Wildman–Crippen LogP) is 3.02. The van der Waals surface area contributed by atoms with Gasteiger partial charge in [0.15, 0.2) is 0 Å². The standard InChI is InChI=1S/C16H26N2O2/c1-10-9-20-11(2)13(10)14(19)18-15(3,4)7-12(17)8-16(18,5)6/h9,12H,7-8,17H2,1-6H3. The maximum absolute atomic E-state index is 13.1. The second kappa shape index (κ2) is 4.62. The molecular formula is C16H26N2O2. The minimum atomic E-state index is -0.256. The minimum absolute atomic E-state index is 0.0515. The number of aryl methyl sites for hydroxylation is 2. The van der Waals surface area contributed by atoms with Crippen molar-refractivity contribution in [2.24, 2.45) is 5.73 Å². The third kappa shape index (κ3) is 2.37. The van der Waals surface area contributed by atoms with Crippen molar-refractivity contribution in [2.75, 3.05) is 0 Å². The van der Waals surface area contributed by atoms with E-state index in [2.05, 4.69) is 27.7 Å². The Kier molecular flexibility index (Phi) is 3.49. The van der Waals surface area contributed by atoms with E-state index in [0.29, 0.717) is 11.3 Å². The Bertz CT molecular complexity index is 491. The van der Waals surface area contributed by atoms with Crippen molar-refractivity contribution in [1.29, 1.82) is 0 Å². The van der Waals surface area contributed by atoms with Crippen molar-refractivity contribution in [1.82, 2.24) is 4.90 Å². The van der Waals surface area contributed by atoms with E-state index >= 15 is 0 Å². The van der Waals surface area contributed by atoms with Gasteiger partial charge in [0, 0.05) is 22.7 Å². The Morgan fingerprint density at radius 1 is 1.25 bits per heavy atom. The zero-order valence-electron chi connectivity index (χ0n) is 13.4. The number of hydrogen-bond donors (Lipinski definition) is 1. The van der Waals surface area contributed by atoms with Crippen LogP contribution in [0.15, 0.2) is 10.7 Å². The van der Waals surface area contributed by atoms with E-state index in [-0.39, 0.29) is 23.0 Å². The van der Waals surface area contributed by atoms with Crippen LogP contribution in [-0.4, -0.2) is 27.9 Å². The summed E-state index contributed by atoms with van der Waals surface area (Å²) in [5.74, 6) is 0.740. The van der Waals surface area contributed by atoms with Gasteiger partial charge < -0.3 is 15.1 Å². The van der Waals surface area contributed by atoms with E-state index in [4.69, 9.17) is 10.2 Å². The zero-order valence-corrected chi connectivity index (χ0v) is 13.4. The van der Waals surface area contributed by atoms with Crippen LogP contribution in [0.1, 0.15) is 62.2 Å². The summed E-state index contributed by atoms with van der Waals surface area (Å²) in [4.78, 5) is 15.1. The van der Waals surface area contributed by atoms with Crippen LogP contribution in [0.5, 0.6) is 0 Å². The average Bonchev–Trinajstić information content (AvgIpc) is 2.53. The van der Waals surface area contributed by atoms with Crippen LogP contribution in [0, 0.1) is 13.8 Å². The van der Waals surface area contributed by atoms with Crippen molar-refractivity contribution in [3.8, 4) is 0 Å². The molecule has 0 unspecified atom stereocenters. The Morgan fingerprint density at radius 2 is 1.75 bits per heavy atom. The lowest BCUT2D eigenvalue weighted by Crippen LogP contribution is -2.65. The van der Waals surface area contributed by atoms with Gasteiger partial charge in [-0.25, -0.2) is 0 Å². The number of nitrogens with two attached hydrogens (primary N) is 1. The van der Waals surface area contributed by atoms with Gasteiger partial charge in [-0.15, -0.1) is 0 Å². The topological polar surface area (TPSA) is 59.5 Å². The summed E-state index contributed by atoms with van der Waals surface area (Å²) >= 11 is 0. The van der Waals surface area contributed by atoms with Crippen molar-refractivity contribution in [3.63, 3.8) is 0 Å². The molecule has 0 radical (unpaired) electrons. The first kappa shape index (κ1) is 15.1. The van der Waals surface area contributed by atoms with Gasteiger partial charge >= 0.3 is 0 Å². The lowest BCUT2D eigenvalue weighted by Gasteiger charge is -2.54. The fraction of sp³-hybridized carbons (Fsp3) is 0.688. The highest BCUT2D eigenvalue weighted by atomic mass is 16.3. The number of nitrogens with zero attached hydrogens (tertiary/aromatic N) is 1. The van der Waals surface area contributed by atoms with E-state index < -0.39 is 0 Å². The maximum atomic E-state index is 13.1. The van der Waals surface area contributed by atoms with Crippen molar-refractivity contribution < 1.29 is 9.21 Å². The van der Waals surface area contributed by atoms with Gasteiger partial charge in [0.1, 0.15) is 5.76 Å². The molecule has 4 heteroatoms. The summed E-state index contributed by atoms with van der Waals surface area (Å²) in [6, 6.07) is 0.135. The molecule has 0 bridgehead atoms. The summed E-state index contributed by atoms with van der Waals surface area (Å²) in [5, 5.41) is 0. The first-order valence-electron chi connectivity index (χ1n) is 7.21. The second-order valence-corrected chi connectivity index (χ2v) is 7.28. The Balaban J connectivity index is 2.46. The summed E-state index contributed by atoms with van der Waals surface area (Å²) in [6.45, 7) is 12.1. The Morgan fingerprint density at radius 3 is 2.15 bits per heavy atom. The molecule has 0 atom stereocenters. The van der Waals surface area contributed by atoms with Gasteiger partial charge in [0.2, 0.25) is 0 Å². The molecule has 1 amide bonds. The summed E-state index contributed by atoms with van der Waals surface area (Å²) in [5.41, 5.74) is 7.25. The molecule has 2 N–H and O–H groups in total. The van der Waals surface area contributed by atoms with E-state index in [1.165, 1.54) is 0 Å². The normalized spacial score (nSPS) is 22.1. The molecule has 4 nitrogen and oxygen atoms in total. The van der Waals surface area contributed by atoms with Crippen LogP contribution in [-0.2, 0) is 0 Å². The van der Waals surface area contributed by atoms with Gasteiger partial charge in [0.25, 0.3) is 5.91 Å². The highest BCUT2D eigenvalue weighted by molar-refractivity contribution is 5.97. The molecule has 1 aliphatic rings. The van der Waals surface area contributed by atoms with E-state index in [1.54, 1.807) is 6.26 Å². The van der Waals surface area contributed by atoms with Crippen LogP contribution in [0.4, 0.5) is 0 Å². The number of likely N-dealkylation sites (tertiary alicyclic amines) is 1. The third-order valence-corrected chi connectivity index (χ3v) is 4.31. The molecule has 1 aromatic rings. The van der Waals surface area contributed by atoms with Gasteiger partial charge in [-0.05, 0) is 54.4 Å². The molecule has 0 aromatic carbocycles. The molecule has 1 aliphatic heterocycles. The van der Waals surface area contributed by atoms with Crippen LogP contribution >= 0.6 is 0 Å². The quantitative estimate of drug-likeness (QED) is 0.859. The molecule has 0 spiro atoms. The minimum Gasteiger partial charge on any atom is -0.469 e. The van der Waals surface area contributed by atoms with E-state index in [9.17, 15) is 4.79 Å². The van der Waals surface area contributed by atoms with Gasteiger partial charge in [0.05, 0.1) is 11.8 Å². The number of rotatable bonds is 1. The van der Waals surface area contributed by atoms with Gasteiger partial charge in [-0.1, -0.05) is 0 Å². The highest BCUT2D eigenvalue weighted by Crippen LogP contribution is 2.39. The lowest BCUT2D eigenvalue weighted by atomic mass is 9.76. The molecule has 1 aromatic heterocycles. The van der Waals surface area contributed by atoms with Crippen LogP contribution < -0.4 is 5.73 Å². The van der Waals surface area contributed by atoms with Crippen LogP contribution in [0.25, 0.3) is 0 Å². The largest absolute Gasteiger partial charge is 0.469 e. The molecule has 20 heavy (non-hydrogen) atoms. The summed E-state index contributed by atoms with van der Waals surface area (Å²) in [6.07, 6.45) is 3.29. The highest BCUT2D eigenvalue weighted by Gasteiger charge is 2.47. The molecule has 0 saturated carbocycles. The SMILES string of the molecule is Cc1coc(C)c1C(=O)N1C(C)(C)CC(N)CC1(C)C. The average molecular weight is 278 g/mol. The van der Waals surface area contributed by atoms with Crippen molar-refractivity contribution in [2.45, 2.75) is 71.5 Å². The predicted molar refractivity (Wildman–Crippen MR) is 79.7 cm³/mol. The third-order valence-electron chi connectivity index (χ3n) is 4.31. The van der Waals surface area contributed by atoms with Gasteiger partial charge in [-0.3, -0.25) is 4.79 Å². The number of carbonyl (C=O) groups excluding carboxylic acids is 1. The zero-order chi connectivity index (χ0) is 15.3. The fourth-order valence-electron chi connectivity index (χ4n) is 3.91. The number of furan rings is 1. The van der Waals surface area contributed by atoms with Crippen molar-refractivity contribution in [3.05, 3.63) is 23.2 Å². The number of amides is 1. The second-order valence-electron chi connectivity index (χ2n) is 7.28. The summed E-state index contributed by atoms with van der Waals surface area (Å²) < 4.78 is 5.39. The number of piperidine rings is 1. The number of carbonyl (C=O) groups is 1. The Hall–Kier alpha value is -1.29. The van der Waals surface area contributed by atoms with Crippen LogP contribution in [0.3, 0.4) is 0 Å². The maximum Gasteiger partial charge on any atom is 0.258 e. The molecule has 112 valence electrons. The summed E-state index contributed by atoms with van der Waals surface area (Å²) in [7, 11) is 0. The first-order chi connectivity index (χ1) is 9.06. The molecule has 0 aliphatic carbocycles. The van der Waals surface area contributed by atoms with E-state index in [0.717, 1.165) is 18.4 Å². The van der Waals surface area contributed by atoms with Crippen molar-refractivity contribution >= 4 is 5.91 Å². The van der Waals surface area contributed by atoms with E-state index in [1.807, 2.05) is 18.7 Å². The first-order valence-corrected chi connectivity index (χ1v) is 7.21. The molecule has 2 rings (SSSR count). The number of hydrogen-bond acceptors (Lipinski definition) is 3. The molecule has 1 fully saturated rings. The van der Waals surface area contributed by atoms with Gasteiger partial charge in [-0.2, -0.15) is 0 Å². The fourth-order valence-corrected chi connectivity index (χ4v) is 3.91. The lowest BCUT2D eigenvalue weighted by molar-refractivity contribution is -0.0173. The monoisotopic (exact) mass is 278 g/mol. The van der Waals surface area contributed by atoms with Crippen LogP contribution in [0.2, 0.25) is 0 Å². The molecular weight excluding hydrogens is 252 g/mol. The molecule has 1 saturated heterocycles.